The molecule has 3 rings (SSSR count). The first-order valence-electron chi connectivity index (χ1n) is 9.00. The van der Waals surface area contributed by atoms with Crippen LogP contribution >= 0.6 is 0 Å². The zero-order valence-electron chi connectivity index (χ0n) is 16.1. The van der Waals surface area contributed by atoms with Crippen LogP contribution in [0.2, 0.25) is 0 Å². The number of terminal acetylenes is 1. The Labute approximate surface area is 166 Å². The number of rotatable bonds is 4. The van der Waals surface area contributed by atoms with E-state index < -0.39 is 18.0 Å². The molecule has 1 unspecified atom stereocenters. The number of aliphatic imine (C=N–C) groups is 1. The average Bonchev–Trinajstić information content (AvgIpc) is 3.18. The molecule has 10 heteroatoms. The van der Waals surface area contributed by atoms with E-state index in [0.717, 1.165) is 0 Å². The highest BCUT2D eigenvalue weighted by molar-refractivity contribution is 6.12. The van der Waals surface area contributed by atoms with Crippen LogP contribution in [0.4, 0.5) is 8.78 Å². The Bertz CT molecular complexity index is 1020. The van der Waals surface area contributed by atoms with Gasteiger partial charge in [-0.2, -0.15) is 10.1 Å². The molecule has 2 N–H and O–H groups in total. The molecule has 1 fully saturated rings. The summed E-state index contributed by atoms with van der Waals surface area (Å²) < 4.78 is 28.1. The fourth-order valence-corrected chi connectivity index (χ4v) is 3.49. The highest BCUT2D eigenvalue weighted by Crippen LogP contribution is 2.34. The van der Waals surface area contributed by atoms with E-state index in [2.05, 4.69) is 26.0 Å². The summed E-state index contributed by atoms with van der Waals surface area (Å²) in [5.74, 6) is 1.83. The van der Waals surface area contributed by atoms with Gasteiger partial charge in [-0.15, -0.1) is 12.3 Å². The Morgan fingerprint density at radius 1 is 1.52 bits per heavy atom. The highest BCUT2D eigenvalue weighted by atomic mass is 19.3. The smallest absolute Gasteiger partial charge is 0.280 e. The number of alkyl halides is 2. The lowest BCUT2D eigenvalue weighted by molar-refractivity contribution is -0.128. The molecule has 1 amide bonds. The molecule has 0 saturated carbocycles. The van der Waals surface area contributed by atoms with Gasteiger partial charge in [0.1, 0.15) is 12.0 Å². The summed E-state index contributed by atoms with van der Waals surface area (Å²) in [6.07, 6.45) is 6.11. The molecular formula is C19H21F2N7O. The van der Waals surface area contributed by atoms with E-state index in [9.17, 15) is 13.6 Å². The fraction of sp³-hybridized carbons (Fsp3) is 0.421. The molecule has 8 nitrogen and oxygen atoms in total. The van der Waals surface area contributed by atoms with Crippen LogP contribution in [-0.2, 0) is 4.79 Å². The van der Waals surface area contributed by atoms with Crippen molar-refractivity contribution >= 4 is 17.9 Å². The fourth-order valence-electron chi connectivity index (χ4n) is 3.49. The molecule has 2 aromatic rings. The van der Waals surface area contributed by atoms with Crippen LogP contribution in [-0.4, -0.2) is 56.7 Å². The van der Waals surface area contributed by atoms with Crippen LogP contribution in [0.15, 0.2) is 28.7 Å². The number of nitrogens with two attached hydrogens (primary N) is 1. The number of nitrogens with zero attached hydrogens (tertiary/aromatic N) is 6. The van der Waals surface area contributed by atoms with Crippen LogP contribution in [0.25, 0.3) is 5.78 Å². The largest absolute Gasteiger partial charge is 0.402 e. The topological polar surface area (TPSA) is 102 Å². The summed E-state index contributed by atoms with van der Waals surface area (Å²) >= 11 is 0. The Morgan fingerprint density at radius 2 is 2.28 bits per heavy atom. The average molecular weight is 401 g/mol. The summed E-state index contributed by atoms with van der Waals surface area (Å²) in [4.78, 5) is 26.2. The lowest BCUT2D eigenvalue weighted by Crippen LogP contribution is -2.44. The number of hydrogen-bond donors (Lipinski definition) is 1. The second-order valence-electron chi connectivity index (χ2n) is 6.78. The van der Waals surface area contributed by atoms with Crippen molar-refractivity contribution in [3.05, 3.63) is 35.1 Å². The first kappa shape index (κ1) is 20.4. The molecule has 1 aliphatic heterocycles. The predicted octanol–water partition coefficient (Wildman–Crippen LogP) is 1.56. The number of halogens is 2. The lowest BCUT2D eigenvalue weighted by Gasteiger charge is -2.37. The van der Waals surface area contributed by atoms with Crippen molar-refractivity contribution < 1.29 is 13.6 Å². The van der Waals surface area contributed by atoms with Crippen molar-refractivity contribution in [1.29, 1.82) is 0 Å². The van der Waals surface area contributed by atoms with Crippen molar-refractivity contribution in [3.63, 3.8) is 0 Å². The number of fused-ring (bicyclic) bond motifs is 1. The van der Waals surface area contributed by atoms with Gasteiger partial charge in [-0.1, -0.05) is 0 Å². The third-order valence-electron chi connectivity index (χ3n) is 4.93. The molecule has 3 heterocycles. The third kappa shape index (κ3) is 3.94. The van der Waals surface area contributed by atoms with Gasteiger partial charge in [0.05, 0.1) is 11.3 Å². The Kier molecular flexibility index (Phi) is 5.87. The van der Waals surface area contributed by atoms with E-state index in [4.69, 9.17) is 12.2 Å². The van der Waals surface area contributed by atoms with Crippen LogP contribution in [0.3, 0.4) is 0 Å². The molecule has 2 atom stereocenters. The van der Waals surface area contributed by atoms with E-state index in [1.165, 1.54) is 23.1 Å². The molecule has 0 radical (unpaired) electrons. The maximum atomic E-state index is 13.4. The Hall–Kier alpha value is -3.35. The van der Waals surface area contributed by atoms with Crippen molar-refractivity contribution in [1.82, 2.24) is 24.5 Å². The minimum Gasteiger partial charge on any atom is -0.402 e. The quantitative estimate of drug-likeness (QED) is 0.476. The molecule has 0 aliphatic carbocycles. The van der Waals surface area contributed by atoms with Crippen molar-refractivity contribution in [3.8, 4) is 12.3 Å². The number of likely N-dealkylation sites (tertiary alicyclic amines) is 1. The highest BCUT2D eigenvalue weighted by Gasteiger charge is 2.35. The number of carbonyl (C=O) groups is 1. The van der Waals surface area contributed by atoms with Gasteiger partial charge in [0, 0.05) is 43.9 Å². The van der Waals surface area contributed by atoms with E-state index in [-0.39, 0.29) is 24.1 Å². The summed E-state index contributed by atoms with van der Waals surface area (Å²) in [7, 11) is 1.55. The lowest BCUT2D eigenvalue weighted by atomic mass is 9.83. The number of piperidine rings is 1. The second kappa shape index (κ2) is 8.34. The molecule has 29 heavy (non-hydrogen) atoms. The van der Waals surface area contributed by atoms with Gasteiger partial charge in [0.25, 0.3) is 18.1 Å². The van der Waals surface area contributed by atoms with Gasteiger partial charge in [0.15, 0.2) is 0 Å². The van der Waals surface area contributed by atoms with Crippen LogP contribution in [0.1, 0.15) is 37.1 Å². The van der Waals surface area contributed by atoms with Gasteiger partial charge >= 0.3 is 0 Å². The Balaban J connectivity index is 2.03. The minimum absolute atomic E-state index is 0.0634. The third-order valence-corrected chi connectivity index (χ3v) is 4.93. The maximum absolute atomic E-state index is 13.4. The van der Waals surface area contributed by atoms with Gasteiger partial charge in [0.2, 0.25) is 0 Å². The maximum Gasteiger partial charge on any atom is 0.280 e. The standard InChI is InChI=1S/C19H21F2N7O/c1-4-12-5-6-27(18(29)13(8-23-3)11(2)22)9-14(12)16-7-15(17(20)21)26-19-24-10-25-28(16)19/h1,7-8,10,12,14,17H,5-6,9,22H2,2-3H3/t12?,14-/m1/s1. The molecule has 152 valence electrons. The van der Waals surface area contributed by atoms with Gasteiger partial charge < -0.3 is 10.6 Å². The minimum atomic E-state index is -2.77. The van der Waals surface area contributed by atoms with E-state index in [1.54, 1.807) is 18.9 Å². The summed E-state index contributed by atoms with van der Waals surface area (Å²) in [5, 5.41) is 4.10. The Morgan fingerprint density at radius 3 is 2.90 bits per heavy atom. The molecular weight excluding hydrogens is 380 g/mol. The summed E-state index contributed by atoms with van der Waals surface area (Å²) in [6.45, 7) is 2.27. The molecule has 0 aromatic carbocycles. The van der Waals surface area contributed by atoms with Gasteiger partial charge in [-0.25, -0.2) is 18.3 Å². The van der Waals surface area contributed by atoms with Crippen LogP contribution < -0.4 is 5.73 Å². The van der Waals surface area contributed by atoms with E-state index in [0.29, 0.717) is 29.9 Å². The van der Waals surface area contributed by atoms with Crippen LogP contribution in [0.5, 0.6) is 0 Å². The van der Waals surface area contributed by atoms with Crippen molar-refractivity contribution in [2.24, 2.45) is 16.6 Å². The van der Waals surface area contributed by atoms with Crippen molar-refractivity contribution in [2.75, 3.05) is 20.1 Å². The number of carbonyl (C=O) groups excluding carboxylic acids is 1. The van der Waals surface area contributed by atoms with Gasteiger partial charge in [-0.3, -0.25) is 9.79 Å². The number of aromatic nitrogens is 4. The second-order valence-corrected chi connectivity index (χ2v) is 6.78. The first-order valence-corrected chi connectivity index (χ1v) is 9.00. The predicted molar refractivity (Wildman–Crippen MR) is 103 cm³/mol. The zero-order chi connectivity index (χ0) is 21.1. The molecule has 0 spiro atoms. The zero-order valence-corrected chi connectivity index (χ0v) is 16.1. The van der Waals surface area contributed by atoms with Gasteiger partial charge in [-0.05, 0) is 19.4 Å². The number of allylic oxidation sites excluding steroid dienone is 1. The normalized spacial score (nSPS) is 20.9. The summed E-state index contributed by atoms with van der Waals surface area (Å²) in [6, 6.07) is 1.29. The SMILES string of the molecule is C#CC1CCN(C(=O)C(C=NC)=C(C)N)C[C@H]1c1cc(C(F)F)nc2ncnn12. The summed E-state index contributed by atoms with van der Waals surface area (Å²) in [5.41, 5.74) is 6.52. The molecule has 2 aromatic heterocycles. The number of hydrogen-bond acceptors (Lipinski definition) is 6. The number of amides is 1. The van der Waals surface area contributed by atoms with E-state index in [1.807, 2.05) is 0 Å². The van der Waals surface area contributed by atoms with E-state index >= 15 is 0 Å². The monoisotopic (exact) mass is 401 g/mol. The van der Waals surface area contributed by atoms with Crippen molar-refractivity contribution in [2.45, 2.75) is 25.7 Å². The van der Waals surface area contributed by atoms with Crippen LogP contribution in [0, 0.1) is 18.3 Å². The molecule has 0 bridgehead atoms. The molecule has 1 saturated heterocycles. The molecule has 1 aliphatic rings. The first-order chi connectivity index (χ1) is 13.9.